The van der Waals surface area contributed by atoms with E-state index in [0.29, 0.717) is 28.5 Å². The SMILES string of the molecule is COc1cccc(CC(C)N)c1OCc1ccc(F)cc1Cl. The van der Waals surface area contributed by atoms with Crippen LogP contribution >= 0.6 is 11.6 Å². The first-order valence-corrected chi connectivity index (χ1v) is 7.37. The van der Waals surface area contributed by atoms with E-state index in [-0.39, 0.29) is 18.5 Å². The van der Waals surface area contributed by atoms with Crippen LogP contribution in [0.4, 0.5) is 4.39 Å². The minimum Gasteiger partial charge on any atom is -0.493 e. The number of rotatable bonds is 6. The van der Waals surface area contributed by atoms with Crippen LogP contribution in [0, 0.1) is 5.82 Å². The van der Waals surface area contributed by atoms with Crippen LogP contribution in [-0.4, -0.2) is 13.2 Å². The Morgan fingerprint density at radius 2 is 2.00 bits per heavy atom. The fourth-order valence-corrected chi connectivity index (χ4v) is 2.40. The predicted octanol–water partition coefficient (Wildman–Crippen LogP) is 3.96. The van der Waals surface area contributed by atoms with Crippen molar-refractivity contribution in [1.82, 2.24) is 0 Å². The molecule has 0 amide bonds. The monoisotopic (exact) mass is 323 g/mol. The molecule has 3 nitrogen and oxygen atoms in total. The highest BCUT2D eigenvalue weighted by atomic mass is 35.5. The zero-order chi connectivity index (χ0) is 16.1. The van der Waals surface area contributed by atoms with E-state index in [2.05, 4.69) is 0 Å². The van der Waals surface area contributed by atoms with E-state index in [0.717, 1.165) is 5.56 Å². The van der Waals surface area contributed by atoms with Crippen LogP contribution in [0.5, 0.6) is 11.5 Å². The van der Waals surface area contributed by atoms with Crippen molar-refractivity contribution in [3.8, 4) is 11.5 Å². The summed E-state index contributed by atoms with van der Waals surface area (Å²) in [6, 6.07) is 9.91. The van der Waals surface area contributed by atoms with Gasteiger partial charge in [0.2, 0.25) is 0 Å². The highest BCUT2D eigenvalue weighted by molar-refractivity contribution is 6.31. The summed E-state index contributed by atoms with van der Waals surface area (Å²) < 4.78 is 24.3. The highest BCUT2D eigenvalue weighted by Crippen LogP contribution is 2.33. The molecule has 0 aliphatic rings. The van der Waals surface area contributed by atoms with Gasteiger partial charge < -0.3 is 15.2 Å². The molecule has 22 heavy (non-hydrogen) atoms. The Labute approximate surface area is 134 Å². The average molecular weight is 324 g/mol. The maximum Gasteiger partial charge on any atom is 0.164 e. The maximum absolute atomic E-state index is 13.1. The lowest BCUT2D eigenvalue weighted by atomic mass is 10.1. The number of nitrogens with two attached hydrogens (primary N) is 1. The van der Waals surface area contributed by atoms with E-state index in [1.165, 1.54) is 12.1 Å². The number of para-hydroxylation sites is 1. The van der Waals surface area contributed by atoms with E-state index < -0.39 is 0 Å². The van der Waals surface area contributed by atoms with Crippen LogP contribution in [-0.2, 0) is 13.0 Å². The van der Waals surface area contributed by atoms with E-state index in [9.17, 15) is 4.39 Å². The number of methoxy groups -OCH3 is 1. The molecule has 2 aromatic rings. The molecule has 118 valence electrons. The van der Waals surface area contributed by atoms with Crippen molar-refractivity contribution in [2.75, 3.05) is 7.11 Å². The van der Waals surface area contributed by atoms with E-state index in [1.54, 1.807) is 13.2 Å². The molecule has 5 heteroatoms. The molecule has 0 aliphatic carbocycles. The zero-order valence-electron chi connectivity index (χ0n) is 12.6. The summed E-state index contributed by atoms with van der Waals surface area (Å²) in [5.74, 6) is 0.905. The standard InChI is InChI=1S/C17H19ClFNO2/c1-11(20)8-12-4-3-5-16(21-2)17(12)22-10-13-6-7-14(19)9-15(13)18/h3-7,9,11H,8,10,20H2,1-2H3. The fourth-order valence-electron chi connectivity index (χ4n) is 2.18. The summed E-state index contributed by atoms with van der Waals surface area (Å²) in [6.45, 7) is 2.16. The van der Waals surface area contributed by atoms with Crippen molar-refractivity contribution in [3.05, 3.63) is 58.4 Å². The van der Waals surface area contributed by atoms with Gasteiger partial charge in [0.15, 0.2) is 11.5 Å². The second kappa shape index (κ2) is 7.47. The molecule has 0 aliphatic heterocycles. The Kier molecular flexibility index (Phi) is 5.63. The van der Waals surface area contributed by atoms with Gasteiger partial charge in [-0.25, -0.2) is 4.39 Å². The number of benzene rings is 2. The third-order valence-electron chi connectivity index (χ3n) is 3.21. The van der Waals surface area contributed by atoms with Crippen LogP contribution in [0.15, 0.2) is 36.4 Å². The largest absolute Gasteiger partial charge is 0.493 e. The van der Waals surface area contributed by atoms with Crippen molar-refractivity contribution in [2.45, 2.75) is 26.0 Å². The van der Waals surface area contributed by atoms with E-state index in [1.807, 2.05) is 25.1 Å². The molecule has 0 saturated carbocycles. The average Bonchev–Trinajstić information content (AvgIpc) is 2.46. The predicted molar refractivity (Wildman–Crippen MR) is 86.1 cm³/mol. The van der Waals surface area contributed by atoms with Crippen molar-refractivity contribution in [2.24, 2.45) is 5.73 Å². The summed E-state index contributed by atoms with van der Waals surface area (Å²) in [6.07, 6.45) is 0.670. The third kappa shape index (κ3) is 4.12. The van der Waals surface area contributed by atoms with Gasteiger partial charge >= 0.3 is 0 Å². The minimum atomic E-state index is -0.372. The fraction of sp³-hybridized carbons (Fsp3) is 0.294. The minimum absolute atomic E-state index is 0.00358. The Bertz CT molecular complexity index is 647. The third-order valence-corrected chi connectivity index (χ3v) is 3.56. The maximum atomic E-state index is 13.1. The lowest BCUT2D eigenvalue weighted by Crippen LogP contribution is -2.18. The van der Waals surface area contributed by atoms with Crippen LogP contribution in [0.2, 0.25) is 5.02 Å². The number of ether oxygens (including phenoxy) is 2. The number of halogens is 2. The van der Waals surface area contributed by atoms with Crippen LogP contribution in [0.3, 0.4) is 0 Å². The summed E-state index contributed by atoms with van der Waals surface area (Å²) in [5.41, 5.74) is 7.55. The molecule has 2 rings (SSSR count). The van der Waals surface area contributed by atoms with Gasteiger partial charge in [-0.15, -0.1) is 0 Å². The van der Waals surface area contributed by atoms with Crippen LogP contribution < -0.4 is 15.2 Å². The molecule has 0 bridgehead atoms. The van der Waals surface area contributed by atoms with Gasteiger partial charge in [-0.05, 0) is 37.1 Å². The molecule has 2 aromatic carbocycles. The smallest absolute Gasteiger partial charge is 0.164 e. The number of hydrogen-bond acceptors (Lipinski definition) is 3. The molecule has 2 N–H and O–H groups in total. The lowest BCUT2D eigenvalue weighted by Gasteiger charge is -2.16. The van der Waals surface area contributed by atoms with Gasteiger partial charge in [0.1, 0.15) is 12.4 Å². The second-order valence-corrected chi connectivity index (χ2v) is 5.56. The normalized spacial score (nSPS) is 12.0. The molecule has 1 atom stereocenters. The van der Waals surface area contributed by atoms with Crippen LogP contribution in [0.25, 0.3) is 0 Å². The summed E-state index contributed by atoms with van der Waals surface area (Å²) >= 11 is 6.02. The van der Waals surface area contributed by atoms with Gasteiger partial charge in [0.05, 0.1) is 12.1 Å². The summed E-state index contributed by atoms with van der Waals surface area (Å²) in [4.78, 5) is 0. The van der Waals surface area contributed by atoms with Gasteiger partial charge in [-0.2, -0.15) is 0 Å². The molecular formula is C17H19ClFNO2. The highest BCUT2D eigenvalue weighted by Gasteiger charge is 2.13. The van der Waals surface area contributed by atoms with Crippen molar-refractivity contribution < 1.29 is 13.9 Å². The second-order valence-electron chi connectivity index (χ2n) is 5.15. The Balaban J connectivity index is 2.23. The molecule has 0 fully saturated rings. The Morgan fingerprint density at radius 1 is 1.23 bits per heavy atom. The van der Waals surface area contributed by atoms with Gasteiger partial charge in [0, 0.05) is 11.6 Å². The first-order chi connectivity index (χ1) is 10.5. The van der Waals surface area contributed by atoms with Crippen molar-refractivity contribution >= 4 is 11.6 Å². The Morgan fingerprint density at radius 3 is 2.64 bits per heavy atom. The van der Waals surface area contributed by atoms with E-state index >= 15 is 0 Å². The van der Waals surface area contributed by atoms with Gasteiger partial charge in [-0.1, -0.05) is 29.8 Å². The van der Waals surface area contributed by atoms with Crippen molar-refractivity contribution in [3.63, 3.8) is 0 Å². The molecule has 0 spiro atoms. The lowest BCUT2D eigenvalue weighted by molar-refractivity contribution is 0.281. The molecule has 0 aromatic heterocycles. The molecule has 0 saturated heterocycles. The zero-order valence-corrected chi connectivity index (χ0v) is 13.4. The van der Waals surface area contributed by atoms with E-state index in [4.69, 9.17) is 26.8 Å². The van der Waals surface area contributed by atoms with Crippen LogP contribution in [0.1, 0.15) is 18.1 Å². The van der Waals surface area contributed by atoms with Gasteiger partial charge in [0.25, 0.3) is 0 Å². The number of hydrogen-bond donors (Lipinski definition) is 1. The first kappa shape index (κ1) is 16.6. The summed E-state index contributed by atoms with van der Waals surface area (Å²) in [7, 11) is 1.59. The quantitative estimate of drug-likeness (QED) is 0.875. The molecular weight excluding hydrogens is 305 g/mol. The Hall–Kier alpha value is -1.78. The first-order valence-electron chi connectivity index (χ1n) is 6.99. The van der Waals surface area contributed by atoms with Gasteiger partial charge in [-0.3, -0.25) is 0 Å². The topological polar surface area (TPSA) is 44.5 Å². The molecule has 0 heterocycles. The van der Waals surface area contributed by atoms with Crippen molar-refractivity contribution in [1.29, 1.82) is 0 Å². The molecule has 1 unspecified atom stereocenters. The molecule has 0 radical (unpaired) electrons. The summed E-state index contributed by atoms with van der Waals surface area (Å²) in [5, 5.41) is 0.337.